The number of carbonyl (C=O) groups excluding carboxylic acids is 15. The summed E-state index contributed by atoms with van der Waals surface area (Å²) in [7, 11) is -5.02. The topological polar surface area (TPSA) is 645 Å². The molecule has 3 aromatic carbocycles. The summed E-state index contributed by atoms with van der Waals surface area (Å²) in [6.45, 7) is 0.437. The van der Waals surface area contributed by atoms with Gasteiger partial charge in [-0.3, -0.25) is 86.2 Å². The molecule has 0 unspecified atom stereocenters. The van der Waals surface area contributed by atoms with Crippen molar-refractivity contribution in [3.63, 3.8) is 0 Å². The average Bonchev–Trinajstić information content (AvgIpc) is 0.809. The Balaban J connectivity index is 0.000000549. The molecule has 6 aromatic rings. The molecule has 6 heterocycles. The van der Waals surface area contributed by atoms with Crippen molar-refractivity contribution in [3.05, 3.63) is 166 Å². The van der Waals surface area contributed by atoms with Crippen molar-refractivity contribution in [1.82, 2.24) is 68.4 Å². The summed E-state index contributed by atoms with van der Waals surface area (Å²) >= 11 is 4.19. The van der Waals surface area contributed by atoms with Crippen LogP contribution < -0.4 is 83.8 Å². The van der Waals surface area contributed by atoms with E-state index in [2.05, 4.69) is 67.7 Å². The van der Waals surface area contributed by atoms with Crippen LogP contribution in [-0.2, 0) is 124 Å². The van der Waals surface area contributed by atoms with Crippen LogP contribution in [-0.4, -0.2) is 235 Å². The molecule has 2 fully saturated rings. The number of nitrogens with one attached hydrogen (secondary N) is 12. The van der Waals surface area contributed by atoms with Gasteiger partial charge in [0.25, 0.3) is 5.91 Å². The number of aliphatic hydroxyl groups excluding tert-OH is 1. The summed E-state index contributed by atoms with van der Waals surface area (Å²) in [5.41, 5.74) is 13.2. The molecule has 12 atom stereocenters. The minimum atomic E-state index is -5.02. The SMILES string of the molecule is CSCC[C@H](NC(=O)[C@H](Cc1c[nH]c2ccccc12)NC(=O)CNC(=O)[C@@H](NC(=O)[C@H](Cc1ccc(OS(=O)(=O)O)cc1)NC(=O)[C@H](CC(=O)O)NC(=O)[C@H](CCC(N)=O)NC(=O)[C@@H]1CCC(=O)N1)[C@@H](C)O)C(=O)N[C@@H](CC(=O)O)C(=O)N[C@@H](Cc1ccccc1)C(N)=O.O=C(Cc1cccs1)N[C@@H]1C(=O)N2C(C(=O)[O-])=C(C[n+]3ccccc3)CS[C@H]12. The number of carboxylic acid groups (broad SMARTS) is 3. The van der Waals surface area contributed by atoms with Crippen LogP contribution in [0.15, 0.2) is 144 Å². The number of benzene rings is 3. The van der Waals surface area contributed by atoms with Gasteiger partial charge in [-0.25, -0.2) is 4.57 Å². The fourth-order valence-corrected chi connectivity index (χ4v) is 15.7. The minimum Gasteiger partial charge on any atom is -0.543 e. The van der Waals surface area contributed by atoms with E-state index in [1.54, 1.807) is 67.0 Å². The molecule has 3 aromatic heterocycles. The van der Waals surface area contributed by atoms with E-state index in [-0.39, 0.29) is 61.4 Å². The Labute approximate surface area is 708 Å². The molecule has 2 saturated heterocycles. The Kier molecular flexibility index (Phi) is 34.9. The number of H-pyrrole nitrogens is 1. The fourth-order valence-electron chi connectivity index (χ4n) is 12.9. The number of aliphatic hydroxyl groups is 1. The summed E-state index contributed by atoms with van der Waals surface area (Å²) in [5.74, 6) is -17.5. The number of nitrogens with zero attached hydrogens (tertiary/aromatic N) is 2. The number of hydrogen-bond donors (Lipinski definition) is 18. The van der Waals surface area contributed by atoms with Gasteiger partial charge in [-0.1, -0.05) is 72.8 Å². The van der Waals surface area contributed by atoms with Gasteiger partial charge in [-0.15, -0.1) is 23.1 Å². The summed E-state index contributed by atoms with van der Waals surface area (Å²) in [4.78, 5) is 227. The largest absolute Gasteiger partial charge is 0.543 e. The summed E-state index contributed by atoms with van der Waals surface area (Å²) in [5, 5.41) is 70.6. The number of hydrogen-bond acceptors (Lipinski definition) is 25. The molecular formula is C77H90N16O25S4. The highest BCUT2D eigenvalue weighted by atomic mass is 32.3. The van der Waals surface area contributed by atoms with Gasteiger partial charge >= 0.3 is 22.3 Å². The molecule has 3 aliphatic rings. The molecule has 9 rings (SSSR count). The van der Waals surface area contributed by atoms with Crippen LogP contribution in [0.3, 0.4) is 0 Å². The van der Waals surface area contributed by atoms with E-state index < -0.39 is 221 Å². The van der Waals surface area contributed by atoms with E-state index in [1.165, 1.54) is 51.9 Å². The van der Waals surface area contributed by atoms with Gasteiger partial charge in [-0.2, -0.15) is 20.2 Å². The highest BCUT2D eigenvalue weighted by molar-refractivity contribution is 8.00. The second-order valence-corrected chi connectivity index (χ2v) is 32.2. The van der Waals surface area contributed by atoms with Gasteiger partial charge in [-0.05, 0) is 84.5 Å². The molecule has 0 bridgehead atoms. The lowest BCUT2D eigenvalue weighted by Crippen LogP contribution is -2.71. The molecule has 41 nitrogen and oxygen atoms in total. The molecule has 20 N–H and O–H groups in total. The van der Waals surface area contributed by atoms with Gasteiger partial charge in [0.1, 0.15) is 71.5 Å². The molecule has 3 aliphatic heterocycles. The quantitative estimate of drug-likeness (QED) is 0.00969. The third kappa shape index (κ3) is 28.7. The molecule has 0 saturated carbocycles. The molecule has 122 heavy (non-hydrogen) atoms. The molecule has 0 aliphatic carbocycles. The minimum absolute atomic E-state index is 0.0226. The van der Waals surface area contributed by atoms with Crippen molar-refractivity contribution in [2.75, 3.05) is 24.3 Å². The van der Waals surface area contributed by atoms with Crippen molar-refractivity contribution in [1.29, 1.82) is 0 Å². The number of para-hydroxylation sites is 1. The van der Waals surface area contributed by atoms with Crippen molar-refractivity contribution in [3.8, 4) is 5.75 Å². The van der Waals surface area contributed by atoms with E-state index in [9.17, 15) is 110 Å². The van der Waals surface area contributed by atoms with Gasteiger partial charge in [0.05, 0.1) is 43.6 Å². The third-order valence-corrected chi connectivity index (χ3v) is 22.2. The Hall–Kier alpha value is -12.9. The molecule has 45 heteroatoms. The molecule has 0 spiro atoms. The number of aliphatic carboxylic acids is 3. The van der Waals surface area contributed by atoms with E-state index >= 15 is 0 Å². The van der Waals surface area contributed by atoms with E-state index in [0.717, 1.165) is 23.9 Å². The highest BCUT2D eigenvalue weighted by Crippen LogP contribution is 2.40. The average molecular weight is 1770 g/mol. The van der Waals surface area contributed by atoms with Crippen LogP contribution in [0.4, 0.5) is 0 Å². The second-order valence-electron chi connectivity index (χ2n) is 28.1. The fraction of sp³-hybridized carbons (Fsp3) is 0.377. The number of carboxylic acids is 3. The predicted octanol–water partition coefficient (Wildman–Crippen LogP) is -4.83. The maximum absolute atomic E-state index is 14.5. The zero-order chi connectivity index (χ0) is 89.1. The summed E-state index contributed by atoms with van der Waals surface area (Å²) < 4.78 is 38.2. The Morgan fingerprint density at radius 2 is 1.23 bits per heavy atom. The number of amides is 14. The van der Waals surface area contributed by atoms with Crippen molar-refractivity contribution >= 4 is 157 Å². The number of β-lactam (4-membered cyclic amide) rings is 1. The molecular weight excluding hydrogens is 1680 g/mol. The van der Waals surface area contributed by atoms with E-state index in [1.807, 2.05) is 52.7 Å². The zero-order valence-corrected chi connectivity index (χ0v) is 68.5. The highest BCUT2D eigenvalue weighted by Gasteiger charge is 2.53. The number of pyridine rings is 1. The lowest BCUT2D eigenvalue weighted by Gasteiger charge is -2.50. The number of fused-ring (bicyclic) bond motifs is 2. The first-order valence-electron chi connectivity index (χ1n) is 37.6. The number of thiophene rings is 1. The van der Waals surface area contributed by atoms with Crippen LogP contribution >= 0.6 is 34.9 Å². The number of rotatable bonds is 44. The maximum atomic E-state index is 14.5. The summed E-state index contributed by atoms with van der Waals surface area (Å²) in [6.07, 6.45) is 1.16. The molecule has 0 radical (unpaired) electrons. The lowest BCUT2D eigenvalue weighted by atomic mass is 10.0. The Morgan fingerprint density at radius 3 is 1.81 bits per heavy atom. The number of thioether (sulfide) groups is 2. The summed E-state index contributed by atoms with van der Waals surface area (Å²) in [6, 6.07) is 13.4. The van der Waals surface area contributed by atoms with Gasteiger partial charge in [0.2, 0.25) is 76.8 Å². The first-order valence-corrected chi connectivity index (χ1v) is 42.3. The number of nitrogens with two attached hydrogens (primary N) is 2. The van der Waals surface area contributed by atoms with Crippen LogP contribution in [0.5, 0.6) is 5.75 Å². The van der Waals surface area contributed by atoms with Crippen molar-refractivity contribution in [2.45, 2.75) is 156 Å². The Morgan fingerprint density at radius 1 is 0.664 bits per heavy atom. The number of primary amides is 2. The number of aromatic nitrogens is 2. The zero-order valence-electron chi connectivity index (χ0n) is 65.3. The normalized spacial score (nSPS) is 16.9. The van der Waals surface area contributed by atoms with E-state index in [4.69, 9.17) is 16.0 Å². The smallest absolute Gasteiger partial charge is 0.446 e. The van der Waals surface area contributed by atoms with Gasteiger partial charge < -0.3 is 104 Å². The van der Waals surface area contributed by atoms with Crippen LogP contribution in [0.2, 0.25) is 0 Å². The second kappa shape index (κ2) is 45.0. The van der Waals surface area contributed by atoms with Gasteiger partial charge in [0, 0.05) is 77.5 Å². The monoisotopic (exact) mass is 1770 g/mol. The molecule has 14 amide bonds. The van der Waals surface area contributed by atoms with E-state index in [0.29, 0.717) is 39.9 Å². The first-order chi connectivity index (χ1) is 57.9. The Bertz CT molecular complexity index is 5000. The predicted molar refractivity (Wildman–Crippen MR) is 433 cm³/mol. The lowest BCUT2D eigenvalue weighted by molar-refractivity contribution is -0.689. The standard InChI is InChI=1S/C58H73N13O21S2.C19H17N3O4S2/c1-29(72)49(71-57(87)40(23-31-12-14-33(15-13-31)92-94(89,90)91)68-56(86)43(26-48(78)79)69-52(82)37(16-18-44(59)73)65-51(81)36-17-19-45(74)63-36)58(88)62-28-46(75)64-41(24-32-27-61-35-11-7-6-10-34(32)35)54(84)66-38(20-21-93-2)53(83)70-42(25-47(76)77)55(85)67-39(50(60)80)22-30-8-4-3-5-9-30;23-14(9-13-5-4-8-27-13)20-15-17(24)22-16(19(25)26)12(11-28-18(15)22)10-21-6-2-1-3-7-21/h3-15,27,29,36-43,49,61,72H,16-26,28H2,1-2H3,(H2,59,73)(H2,60,80)(H,62,88)(H,63,74)(H,64,75)(H,65,81)(H,66,84)(H,67,85)(H,68,86)(H,69,82)(H,70,83)(H,71,87)(H,76,77)(H,78,79)(H,89,90,91);1-8,15,18H,9-11H2,(H-,20,23,25,26)/t29-,36+,37+,38+,39+,40+,41+,42+,43+,49+;15-,18-/m11/s1. The van der Waals surface area contributed by atoms with Crippen LogP contribution in [0.25, 0.3) is 10.9 Å². The molecule has 652 valence electrons. The number of aromatic amines is 1. The van der Waals surface area contributed by atoms with Crippen LogP contribution in [0.1, 0.15) is 73.4 Å². The number of carbonyl (C=O) groups is 17. The van der Waals surface area contributed by atoms with Crippen molar-refractivity contribution in [2.24, 2.45) is 11.5 Å². The van der Waals surface area contributed by atoms with Crippen LogP contribution in [0, 0.1) is 0 Å². The van der Waals surface area contributed by atoms with Crippen molar-refractivity contribution < 1.29 is 124 Å². The van der Waals surface area contributed by atoms with Gasteiger partial charge in [0.15, 0.2) is 18.9 Å². The maximum Gasteiger partial charge on any atom is 0.446 e. The first kappa shape index (κ1) is 94.6. The third-order valence-electron chi connectivity index (χ3n) is 18.9.